The van der Waals surface area contributed by atoms with Gasteiger partial charge >= 0.3 is 0 Å². The molecule has 2 N–H and O–H groups in total. The van der Waals surface area contributed by atoms with Crippen molar-refractivity contribution in [2.24, 2.45) is 7.05 Å². The molecule has 1 aromatic heterocycles. The van der Waals surface area contributed by atoms with Crippen LogP contribution in [-0.4, -0.2) is 15.5 Å². The van der Waals surface area contributed by atoms with Gasteiger partial charge in [0.05, 0.1) is 0 Å². The summed E-state index contributed by atoms with van der Waals surface area (Å²) in [7, 11) is 1.96. The quantitative estimate of drug-likeness (QED) is 0.684. The van der Waals surface area contributed by atoms with E-state index in [1.54, 1.807) is 17.8 Å². The van der Waals surface area contributed by atoms with Gasteiger partial charge in [-0.2, -0.15) is 5.10 Å². The summed E-state index contributed by atoms with van der Waals surface area (Å²) >= 11 is 7.59. The molecule has 0 aliphatic rings. The molecule has 2 rings (SSSR count). The van der Waals surface area contributed by atoms with Crippen molar-refractivity contribution < 1.29 is 0 Å². The monoisotopic (exact) mass is 267 g/mol. The number of hydrogen-bond donors (Lipinski definition) is 1. The van der Waals surface area contributed by atoms with Crippen LogP contribution in [0.5, 0.6) is 0 Å². The number of thioether (sulfide) groups is 1. The molecule has 2 aromatic rings. The van der Waals surface area contributed by atoms with Gasteiger partial charge in [0, 0.05) is 40.3 Å². The van der Waals surface area contributed by atoms with Gasteiger partial charge in [-0.05, 0) is 30.7 Å². The molecule has 0 saturated carbocycles. The average molecular weight is 268 g/mol. The van der Waals surface area contributed by atoms with Gasteiger partial charge in [-0.25, -0.2) is 0 Å². The maximum absolute atomic E-state index is 5.89. The lowest BCUT2D eigenvalue weighted by Gasteiger charge is -2.06. The van der Waals surface area contributed by atoms with Crippen molar-refractivity contribution in [3.8, 4) is 0 Å². The van der Waals surface area contributed by atoms with E-state index in [0.717, 1.165) is 22.8 Å². The Kier molecular flexibility index (Phi) is 3.97. The molecule has 0 atom stereocenters. The lowest BCUT2D eigenvalue weighted by molar-refractivity contribution is 0.720. The first-order valence-electron chi connectivity index (χ1n) is 5.31. The SMILES string of the molecule is Cn1nccc1CCSc1ccc(Cl)cc1N. The van der Waals surface area contributed by atoms with E-state index in [1.807, 2.05) is 36.1 Å². The highest BCUT2D eigenvalue weighted by molar-refractivity contribution is 7.99. The summed E-state index contributed by atoms with van der Waals surface area (Å²) in [6.07, 6.45) is 2.79. The number of halogens is 1. The number of benzene rings is 1. The van der Waals surface area contributed by atoms with Crippen molar-refractivity contribution in [2.45, 2.75) is 11.3 Å². The minimum Gasteiger partial charge on any atom is -0.398 e. The van der Waals surface area contributed by atoms with E-state index in [-0.39, 0.29) is 0 Å². The number of nitrogens with two attached hydrogens (primary N) is 1. The van der Waals surface area contributed by atoms with Gasteiger partial charge in [0.15, 0.2) is 0 Å². The Bertz CT molecular complexity index is 510. The van der Waals surface area contributed by atoms with Gasteiger partial charge in [0.2, 0.25) is 0 Å². The van der Waals surface area contributed by atoms with Crippen LogP contribution < -0.4 is 5.73 Å². The van der Waals surface area contributed by atoms with Crippen molar-refractivity contribution >= 4 is 29.1 Å². The summed E-state index contributed by atoms with van der Waals surface area (Å²) in [4.78, 5) is 1.08. The van der Waals surface area contributed by atoms with E-state index in [9.17, 15) is 0 Å². The van der Waals surface area contributed by atoms with E-state index >= 15 is 0 Å². The van der Waals surface area contributed by atoms with Crippen LogP contribution in [0, 0.1) is 0 Å². The fourth-order valence-electron chi connectivity index (χ4n) is 1.56. The minimum absolute atomic E-state index is 0.679. The van der Waals surface area contributed by atoms with Crippen molar-refractivity contribution in [3.63, 3.8) is 0 Å². The predicted molar refractivity (Wildman–Crippen MR) is 73.5 cm³/mol. The van der Waals surface area contributed by atoms with Gasteiger partial charge in [-0.3, -0.25) is 4.68 Å². The molecule has 1 aromatic carbocycles. The Hall–Kier alpha value is -1.13. The third kappa shape index (κ3) is 3.17. The second kappa shape index (κ2) is 5.47. The zero-order chi connectivity index (χ0) is 12.3. The van der Waals surface area contributed by atoms with Crippen LogP contribution in [0.1, 0.15) is 5.69 Å². The van der Waals surface area contributed by atoms with Crippen LogP contribution in [0.25, 0.3) is 0 Å². The third-order valence-electron chi connectivity index (χ3n) is 2.51. The maximum Gasteiger partial charge on any atom is 0.0492 e. The highest BCUT2D eigenvalue weighted by Crippen LogP contribution is 2.28. The molecule has 3 nitrogen and oxygen atoms in total. The minimum atomic E-state index is 0.679. The highest BCUT2D eigenvalue weighted by Gasteiger charge is 2.03. The van der Waals surface area contributed by atoms with Crippen LogP contribution in [-0.2, 0) is 13.5 Å². The number of aromatic nitrogens is 2. The maximum atomic E-state index is 5.89. The zero-order valence-corrected chi connectivity index (χ0v) is 11.1. The number of nitrogens with zero attached hydrogens (tertiary/aromatic N) is 2. The van der Waals surface area contributed by atoms with E-state index in [4.69, 9.17) is 17.3 Å². The summed E-state index contributed by atoms with van der Waals surface area (Å²) in [5.41, 5.74) is 7.86. The lowest BCUT2D eigenvalue weighted by Crippen LogP contribution is -1.99. The molecule has 0 radical (unpaired) electrons. The van der Waals surface area contributed by atoms with E-state index in [1.165, 1.54) is 5.69 Å². The molecule has 0 spiro atoms. The van der Waals surface area contributed by atoms with Gasteiger partial charge in [-0.1, -0.05) is 11.6 Å². The fraction of sp³-hybridized carbons (Fsp3) is 0.250. The summed E-state index contributed by atoms with van der Waals surface area (Å²) < 4.78 is 1.89. The molecular formula is C12H14ClN3S. The Morgan fingerprint density at radius 2 is 2.24 bits per heavy atom. The van der Waals surface area contributed by atoms with Gasteiger partial charge in [0.1, 0.15) is 0 Å². The third-order valence-corrected chi connectivity index (χ3v) is 3.84. The number of hydrogen-bond acceptors (Lipinski definition) is 3. The van der Waals surface area contributed by atoms with Crippen LogP contribution in [0.4, 0.5) is 5.69 Å². The van der Waals surface area contributed by atoms with Gasteiger partial charge in [-0.15, -0.1) is 11.8 Å². The van der Waals surface area contributed by atoms with Gasteiger partial charge in [0.25, 0.3) is 0 Å². The second-order valence-electron chi connectivity index (χ2n) is 3.73. The standard InChI is InChI=1S/C12H14ClN3S/c1-16-10(4-6-15-16)5-7-17-12-3-2-9(13)8-11(12)14/h2-4,6,8H,5,7,14H2,1H3. The summed E-state index contributed by atoms with van der Waals surface area (Å²) in [5.74, 6) is 0.978. The van der Waals surface area contributed by atoms with Crippen LogP contribution in [0.3, 0.4) is 0 Å². The fourth-order valence-corrected chi connectivity index (χ4v) is 2.66. The molecule has 90 valence electrons. The van der Waals surface area contributed by atoms with E-state index < -0.39 is 0 Å². The van der Waals surface area contributed by atoms with Crippen molar-refractivity contribution in [2.75, 3.05) is 11.5 Å². The number of anilines is 1. The van der Waals surface area contributed by atoms with Crippen molar-refractivity contribution in [1.29, 1.82) is 0 Å². The Labute approximate surface area is 110 Å². The lowest BCUT2D eigenvalue weighted by atomic mass is 10.3. The molecule has 0 fully saturated rings. The topological polar surface area (TPSA) is 43.8 Å². The normalized spacial score (nSPS) is 10.7. The zero-order valence-electron chi connectivity index (χ0n) is 9.56. The molecule has 17 heavy (non-hydrogen) atoms. The smallest absolute Gasteiger partial charge is 0.0492 e. The molecule has 5 heteroatoms. The Morgan fingerprint density at radius 3 is 2.88 bits per heavy atom. The van der Waals surface area contributed by atoms with Crippen molar-refractivity contribution in [3.05, 3.63) is 41.2 Å². The summed E-state index contributed by atoms with van der Waals surface area (Å²) in [6.45, 7) is 0. The summed E-state index contributed by atoms with van der Waals surface area (Å²) in [6, 6.07) is 7.65. The van der Waals surface area contributed by atoms with E-state index in [2.05, 4.69) is 5.10 Å². The molecule has 0 bridgehead atoms. The number of aryl methyl sites for hydroxylation is 2. The van der Waals surface area contributed by atoms with Crippen LogP contribution in [0.2, 0.25) is 5.02 Å². The molecule has 0 aliphatic carbocycles. The van der Waals surface area contributed by atoms with Crippen molar-refractivity contribution in [1.82, 2.24) is 9.78 Å². The first kappa shape index (κ1) is 12.3. The Morgan fingerprint density at radius 1 is 1.41 bits per heavy atom. The van der Waals surface area contributed by atoms with Gasteiger partial charge < -0.3 is 5.73 Å². The number of rotatable bonds is 4. The van der Waals surface area contributed by atoms with Crippen LogP contribution >= 0.6 is 23.4 Å². The number of nitrogen functional groups attached to an aromatic ring is 1. The molecule has 0 amide bonds. The van der Waals surface area contributed by atoms with E-state index in [0.29, 0.717) is 5.02 Å². The second-order valence-corrected chi connectivity index (χ2v) is 5.30. The Balaban J connectivity index is 1.92. The molecule has 0 saturated heterocycles. The van der Waals surface area contributed by atoms with Crippen LogP contribution in [0.15, 0.2) is 35.4 Å². The first-order chi connectivity index (χ1) is 8.16. The molecular weight excluding hydrogens is 254 g/mol. The molecule has 0 unspecified atom stereocenters. The first-order valence-corrected chi connectivity index (χ1v) is 6.68. The summed E-state index contributed by atoms with van der Waals surface area (Å²) in [5, 5.41) is 4.82. The molecule has 1 heterocycles. The predicted octanol–water partition coefficient (Wildman–Crippen LogP) is 2.99. The largest absolute Gasteiger partial charge is 0.398 e. The molecule has 0 aliphatic heterocycles. The highest BCUT2D eigenvalue weighted by atomic mass is 35.5. The average Bonchev–Trinajstić information content (AvgIpc) is 2.68.